The fourth-order valence-electron chi connectivity index (χ4n) is 1.82. The van der Waals surface area contributed by atoms with E-state index in [1.807, 2.05) is 6.07 Å². The van der Waals surface area contributed by atoms with Crippen molar-refractivity contribution in [2.45, 2.75) is 12.8 Å². The van der Waals surface area contributed by atoms with Crippen molar-refractivity contribution in [2.24, 2.45) is 0 Å². The molecule has 1 aromatic carbocycles. The zero-order chi connectivity index (χ0) is 10.1. The van der Waals surface area contributed by atoms with Crippen LogP contribution in [0.2, 0.25) is 0 Å². The molecule has 0 fully saturated rings. The number of fused-ring (bicyclic) bond motifs is 1. The van der Waals surface area contributed by atoms with Crippen molar-refractivity contribution in [3.05, 3.63) is 23.8 Å². The van der Waals surface area contributed by atoms with E-state index in [4.69, 9.17) is 10.8 Å². The number of anilines is 2. The van der Waals surface area contributed by atoms with Gasteiger partial charge in [0, 0.05) is 12.2 Å². The van der Waals surface area contributed by atoms with E-state index in [2.05, 4.69) is 0 Å². The van der Waals surface area contributed by atoms with Crippen LogP contribution in [0, 0.1) is 0 Å². The lowest BCUT2D eigenvalue weighted by Gasteiger charge is -2.26. The Morgan fingerprint density at radius 1 is 1.50 bits per heavy atom. The minimum Gasteiger partial charge on any atom is -0.465 e. The lowest BCUT2D eigenvalue weighted by molar-refractivity contribution is 0.201. The summed E-state index contributed by atoms with van der Waals surface area (Å²) in [6.07, 6.45) is 0.878. The normalized spacial score (nSPS) is 15.0. The van der Waals surface area contributed by atoms with Crippen molar-refractivity contribution in [1.82, 2.24) is 0 Å². The van der Waals surface area contributed by atoms with Crippen LogP contribution in [0.3, 0.4) is 0 Å². The van der Waals surface area contributed by atoms with E-state index in [0.717, 1.165) is 24.1 Å². The second-order valence-corrected chi connectivity index (χ2v) is 3.43. The zero-order valence-corrected chi connectivity index (χ0v) is 7.73. The Bertz CT molecular complexity index is 376. The lowest BCUT2D eigenvalue weighted by atomic mass is 10.0. The summed E-state index contributed by atoms with van der Waals surface area (Å²) in [5, 5.41) is 8.95. The van der Waals surface area contributed by atoms with E-state index in [1.54, 1.807) is 12.1 Å². The number of hydrogen-bond donors (Lipinski definition) is 2. The highest BCUT2D eigenvalue weighted by Crippen LogP contribution is 2.28. The number of rotatable bonds is 0. The first-order chi connectivity index (χ1) is 6.68. The van der Waals surface area contributed by atoms with Crippen molar-refractivity contribution >= 4 is 17.5 Å². The molecule has 14 heavy (non-hydrogen) atoms. The third-order valence-corrected chi connectivity index (χ3v) is 2.45. The highest BCUT2D eigenvalue weighted by molar-refractivity contribution is 5.88. The van der Waals surface area contributed by atoms with Gasteiger partial charge in [0.15, 0.2) is 0 Å². The quantitative estimate of drug-likeness (QED) is 0.615. The van der Waals surface area contributed by atoms with Gasteiger partial charge >= 0.3 is 6.09 Å². The predicted octanol–water partition coefficient (Wildman–Crippen LogP) is 1.70. The van der Waals surface area contributed by atoms with E-state index < -0.39 is 6.09 Å². The van der Waals surface area contributed by atoms with Crippen LogP contribution in [0.25, 0.3) is 0 Å². The summed E-state index contributed by atoms with van der Waals surface area (Å²) < 4.78 is 0. The maximum atomic E-state index is 10.9. The van der Waals surface area contributed by atoms with Crippen molar-refractivity contribution in [3.8, 4) is 0 Å². The summed E-state index contributed by atoms with van der Waals surface area (Å²) in [5.74, 6) is 0. The van der Waals surface area contributed by atoms with Gasteiger partial charge in [0.05, 0.1) is 5.69 Å². The Morgan fingerprint density at radius 3 is 3.00 bits per heavy atom. The molecule has 1 aliphatic rings. The predicted molar refractivity (Wildman–Crippen MR) is 54.5 cm³/mol. The van der Waals surface area contributed by atoms with E-state index in [1.165, 1.54) is 4.90 Å². The van der Waals surface area contributed by atoms with E-state index in [9.17, 15) is 4.79 Å². The molecule has 1 amide bonds. The molecule has 4 nitrogen and oxygen atoms in total. The van der Waals surface area contributed by atoms with Crippen molar-refractivity contribution < 1.29 is 9.90 Å². The smallest absolute Gasteiger partial charge is 0.411 e. The highest BCUT2D eigenvalue weighted by atomic mass is 16.4. The molecule has 1 aliphatic heterocycles. The largest absolute Gasteiger partial charge is 0.465 e. The van der Waals surface area contributed by atoms with Gasteiger partial charge in [0.25, 0.3) is 0 Å². The highest BCUT2D eigenvalue weighted by Gasteiger charge is 2.21. The minimum atomic E-state index is -0.893. The van der Waals surface area contributed by atoms with Crippen LogP contribution < -0.4 is 10.6 Å². The molecule has 0 saturated heterocycles. The van der Waals surface area contributed by atoms with Gasteiger partial charge in [-0.25, -0.2) is 4.79 Å². The molecule has 0 radical (unpaired) electrons. The molecule has 2 rings (SSSR count). The van der Waals surface area contributed by atoms with Crippen molar-refractivity contribution in [3.63, 3.8) is 0 Å². The third-order valence-electron chi connectivity index (χ3n) is 2.45. The Balaban J connectivity index is 2.44. The molecule has 1 heterocycles. The van der Waals surface area contributed by atoms with Gasteiger partial charge in [0.1, 0.15) is 0 Å². The molecule has 1 aromatic rings. The fraction of sp³-hybridized carbons (Fsp3) is 0.300. The topological polar surface area (TPSA) is 66.6 Å². The van der Waals surface area contributed by atoms with Crippen LogP contribution in [0.4, 0.5) is 16.2 Å². The number of aryl methyl sites for hydroxylation is 1. The molecule has 3 N–H and O–H groups in total. The number of carbonyl (C=O) groups is 1. The average molecular weight is 192 g/mol. The minimum absolute atomic E-state index is 0.576. The van der Waals surface area contributed by atoms with Crippen LogP contribution in [0.15, 0.2) is 18.2 Å². The van der Waals surface area contributed by atoms with Crippen LogP contribution in [-0.2, 0) is 6.42 Å². The van der Waals surface area contributed by atoms with Gasteiger partial charge in [-0.05, 0) is 36.6 Å². The number of nitrogens with zero attached hydrogens (tertiary/aromatic N) is 1. The monoisotopic (exact) mass is 192 g/mol. The van der Waals surface area contributed by atoms with Crippen LogP contribution in [-0.4, -0.2) is 17.7 Å². The number of benzene rings is 1. The molecule has 74 valence electrons. The maximum Gasteiger partial charge on any atom is 0.411 e. The van der Waals surface area contributed by atoms with Crippen LogP contribution >= 0.6 is 0 Å². The molecule has 0 aromatic heterocycles. The van der Waals surface area contributed by atoms with Gasteiger partial charge in [-0.15, -0.1) is 0 Å². The van der Waals surface area contributed by atoms with Gasteiger partial charge in [0.2, 0.25) is 0 Å². The molecule has 0 saturated carbocycles. The summed E-state index contributed by atoms with van der Waals surface area (Å²) in [5.41, 5.74) is 8.13. The van der Waals surface area contributed by atoms with Crippen molar-refractivity contribution in [2.75, 3.05) is 17.2 Å². The van der Waals surface area contributed by atoms with E-state index in [-0.39, 0.29) is 0 Å². The maximum absolute atomic E-state index is 10.9. The summed E-state index contributed by atoms with van der Waals surface area (Å²) in [6, 6.07) is 5.36. The first-order valence-electron chi connectivity index (χ1n) is 4.57. The van der Waals surface area contributed by atoms with Gasteiger partial charge in [-0.3, -0.25) is 4.90 Å². The Kier molecular flexibility index (Phi) is 2.04. The third kappa shape index (κ3) is 1.39. The van der Waals surface area contributed by atoms with Crippen LogP contribution in [0.5, 0.6) is 0 Å². The summed E-state index contributed by atoms with van der Waals surface area (Å²) in [6.45, 7) is 0.576. The van der Waals surface area contributed by atoms with Gasteiger partial charge in [-0.1, -0.05) is 0 Å². The van der Waals surface area contributed by atoms with E-state index >= 15 is 0 Å². The van der Waals surface area contributed by atoms with Crippen molar-refractivity contribution in [1.29, 1.82) is 0 Å². The second kappa shape index (κ2) is 3.21. The first kappa shape index (κ1) is 8.87. The molecular weight excluding hydrogens is 180 g/mol. The lowest BCUT2D eigenvalue weighted by Crippen LogP contribution is -2.34. The van der Waals surface area contributed by atoms with Crippen LogP contribution in [0.1, 0.15) is 12.0 Å². The summed E-state index contributed by atoms with van der Waals surface area (Å²) >= 11 is 0. The van der Waals surface area contributed by atoms with E-state index in [0.29, 0.717) is 12.2 Å². The van der Waals surface area contributed by atoms with Gasteiger partial charge in [-0.2, -0.15) is 0 Å². The summed E-state index contributed by atoms with van der Waals surface area (Å²) in [7, 11) is 0. The molecular formula is C10H12N2O2. The Morgan fingerprint density at radius 2 is 2.29 bits per heavy atom. The standard InChI is InChI=1S/C10H12N2O2/c11-8-3-4-9-7(6-8)2-1-5-12(9)10(13)14/h3-4,6H,1-2,5,11H2,(H,13,14). The molecule has 0 bridgehead atoms. The number of amides is 1. The van der Waals surface area contributed by atoms with Gasteiger partial charge < -0.3 is 10.8 Å². The Hall–Kier alpha value is -1.71. The average Bonchev–Trinajstić information content (AvgIpc) is 2.16. The number of hydrogen-bond acceptors (Lipinski definition) is 2. The Labute approximate surface area is 81.9 Å². The zero-order valence-electron chi connectivity index (χ0n) is 7.73. The molecule has 0 unspecified atom stereocenters. The summed E-state index contributed by atoms with van der Waals surface area (Å²) in [4.78, 5) is 12.3. The second-order valence-electron chi connectivity index (χ2n) is 3.43. The molecule has 0 atom stereocenters. The fourth-order valence-corrected chi connectivity index (χ4v) is 1.82. The molecule has 0 aliphatic carbocycles. The number of nitrogens with two attached hydrogens (primary N) is 1. The molecule has 0 spiro atoms. The number of carboxylic acid groups (broad SMARTS) is 1. The first-order valence-corrected chi connectivity index (χ1v) is 4.57. The SMILES string of the molecule is Nc1ccc2c(c1)CCCN2C(=O)O. The molecule has 4 heteroatoms. The number of nitrogen functional groups attached to an aromatic ring is 1.